The normalized spacial score (nSPS) is 13.6. The number of halogens is 1. The summed E-state index contributed by atoms with van der Waals surface area (Å²) in [5, 5.41) is 0. The first-order valence-corrected chi connectivity index (χ1v) is 5.14. The quantitative estimate of drug-likeness (QED) is 0.598. The van der Waals surface area contributed by atoms with E-state index in [9.17, 15) is 9.18 Å². The van der Waals surface area contributed by atoms with Crippen LogP contribution in [-0.2, 0) is 9.53 Å². The van der Waals surface area contributed by atoms with Gasteiger partial charge in [-0.3, -0.25) is 0 Å². The van der Waals surface area contributed by atoms with Crippen LogP contribution < -0.4 is 9.47 Å². The lowest BCUT2D eigenvalue weighted by molar-refractivity contribution is -0.140. The molecule has 0 fully saturated rings. The molecule has 0 N–H and O–H groups in total. The third-order valence-electron chi connectivity index (χ3n) is 2.16. The highest BCUT2D eigenvalue weighted by Gasteiger charge is 2.14. The summed E-state index contributed by atoms with van der Waals surface area (Å²) in [5.41, 5.74) is 0.514. The molecule has 90 valence electrons. The smallest absolute Gasteiger partial charge is 0.367 e. The van der Waals surface area contributed by atoms with Crippen LogP contribution in [0.4, 0.5) is 4.39 Å². The minimum atomic E-state index is -0.967. The summed E-state index contributed by atoms with van der Waals surface area (Å²) in [5.74, 6) is -0.759. The lowest BCUT2D eigenvalue weighted by atomic mass is 10.2. The Morgan fingerprint density at radius 3 is 3.00 bits per heavy atom. The number of rotatable bonds is 3. The van der Waals surface area contributed by atoms with Crippen molar-refractivity contribution < 1.29 is 23.4 Å². The van der Waals surface area contributed by atoms with E-state index in [1.807, 2.05) is 0 Å². The Kier molecular flexibility index (Phi) is 3.27. The summed E-state index contributed by atoms with van der Waals surface area (Å²) in [6.07, 6.45) is 1.10. The minimum absolute atomic E-state index is 0.140. The van der Waals surface area contributed by atoms with Crippen molar-refractivity contribution in [2.24, 2.45) is 0 Å². The molecule has 0 atom stereocenters. The highest BCUT2D eigenvalue weighted by Crippen LogP contribution is 2.33. The molecule has 0 aliphatic carbocycles. The molecular weight excluding hydrogens is 227 g/mol. The van der Waals surface area contributed by atoms with Crippen LogP contribution in [0.25, 0.3) is 6.08 Å². The van der Waals surface area contributed by atoms with Gasteiger partial charge in [0.25, 0.3) is 0 Å². The fourth-order valence-corrected chi connectivity index (χ4v) is 1.41. The molecule has 17 heavy (non-hydrogen) atoms. The average molecular weight is 238 g/mol. The molecule has 0 amide bonds. The van der Waals surface area contributed by atoms with Crippen molar-refractivity contribution in [2.45, 2.75) is 6.92 Å². The lowest BCUT2D eigenvalue weighted by Gasteiger charge is -2.00. The van der Waals surface area contributed by atoms with Crippen LogP contribution >= 0.6 is 0 Å². The number of fused-ring (bicyclic) bond motifs is 1. The molecule has 1 aromatic rings. The van der Waals surface area contributed by atoms with Gasteiger partial charge in [0.15, 0.2) is 11.5 Å². The van der Waals surface area contributed by atoms with E-state index in [2.05, 4.69) is 4.74 Å². The Hall–Kier alpha value is -2.04. The predicted octanol–water partition coefficient (Wildman–Crippen LogP) is 2.29. The second-order valence-electron chi connectivity index (χ2n) is 3.33. The van der Waals surface area contributed by atoms with Crippen LogP contribution in [0.5, 0.6) is 11.5 Å². The Labute approximate surface area is 97.6 Å². The molecule has 0 spiro atoms. The topological polar surface area (TPSA) is 44.8 Å². The van der Waals surface area contributed by atoms with E-state index in [1.54, 1.807) is 25.1 Å². The van der Waals surface area contributed by atoms with Gasteiger partial charge in [0.1, 0.15) is 0 Å². The van der Waals surface area contributed by atoms with Gasteiger partial charge in [-0.2, -0.15) is 4.39 Å². The van der Waals surface area contributed by atoms with Gasteiger partial charge in [0, 0.05) is 0 Å². The van der Waals surface area contributed by atoms with Crippen molar-refractivity contribution in [3.63, 3.8) is 0 Å². The van der Waals surface area contributed by atoms with E-state index in [4.69, 9.17) is 9.47 Å². The maximum atomic E-state index is 13.3. The van der Waals surface area contributed by atoms with Gasteiger partial charge in [-0.15, -0.1) is 0 Å². The lowest BCUT2D eigenvalue weighted by Crippen LogP contribution is -2.03. The third-order valence-corrected chi connectivity index (χ3v) is 2.16. The maximum absolute atomic E-state index is 13.3. The Morgan fingerprint density at radius 2 is 2.24 bits per heavy atom. The SMILES string of the molecule is CCOC(=O)/C(F)=C/c1ccc2c(c1)OCO2. The first kappa shape index (κ1) is 11.4. The zero-order valence-electron chi connectivity index (χ0n) is 9.23. The van der Waals surface area contributed by atoms with Gasteiger partial charge < -0.3 is 14.2 Å². The first-order valence-electron chi connectivity index (χ1n) is 5.14. The zero-order valence-corrected chi connectivity index (χ0v) is 9.23. The van der Waals surface area contributed by atoms with Crippen LogP contribution in [0.2, 0.25) is 0 Å². The van der Waals surface area contributed by atoms with Gasteiger partial charge in [-0.1, -0.05) is 6.07 Å². The molecule has 1 aliphatic rings. The summed E-state index contributed by atoms with van der Waals surface area (Å²) in [6.45, 7) is 1.91. The largest absolute Gasteiger partial charge is 0.461 e. The Bertz CT molecular complexity index is 468. The van der Waals surface area contributed by atoms with Gasteiger partial charge in [0.2, 0.25) is 12.6 Å². The maximum Gasteiger partial charge on any atom is 0.367 e. The second kappa shape index (κ2) is 4.86. The molecule has 2 rings (SSSR count). The van der Waals surface area contributed by atoms with Gasteiger partial charge in [-0.05, 0) is 30.7 Å². The predicted molar refractivity (Wildman–Crippen MR) is 58.3 cm³/mol. The zero-order chi connectivity index (χ0) is 12.3. The van der Waals surface area contributed by atoms with E-state index < -0.39 is 11.8 Å². The fraction of sp³-hybridized carbons (Fsp3) is 0.250. The van der Waals surface area contributed by atoms with E-state index in [0.717, 1.165) is 6.08 Å². The Balaban J connectivity index is 2.18. The number of carbonyl (C=O) groups excluding carboxylic acids is 1. The molecule has 1 aromatic carbocycles. The van der Waals surface area contributed by atoms with Crippen molar-refractivity contribution in [1.82, 2.24) is 0 Å². The molecule has 0 saturated carbocycles. The van der Waals surface area contributed by atoms with Crippen molar-refractivity contribution >= 4 is 12.0 Å². The highest BCUT2D eigenvalue weighted by molar-refractivity contribution is 5.91. The van der Waals surface area contributed by atoms with Crippen molar-refractivity contribution in [2.75, 3.05) is 13.4 Å². The molecule has 0 saturated heterocycles. The third kappa shape index (κ3) is 2.55. The molecule has 0 unspecified atom stereocenters. The molecule has 4 nitrogen and oxygen atoms in total. The summed E-state index contributed by atoms with van der Waals surface area (Å²) < 4.78 is 28.1. The number of hydrogen-bond donors (Lipinski definition) is 0. The van der Waals surface area contributed by atoms with Crippen LogP contribution in [0.15, 0.2) is 24.0 Å². The molecule has 1 aliphatic heterocycles. The van der Waals surface area contributed by atoms with Gasteiger partial charge >= 0.3 is 5.97 Å². The monoisotopic (exact) mass is 238 g/mol. The fourth-order valence-electron chi connectivity index (χ4n) is 1.41. The number of carbonyl (C=O) groups is 1. The van der Waals surface area contributed by atoms with Crippen molar-refractivity contribution in [3.05, 3.63) is 29.6 Å². The second-order valence-corrected chi connectivity index (χ2v) is 3.33. The van der Waals surface area contributed by atoms with Crippen molar-refractivity contribution in [1.29, 1.82) is 0 Å². The van der Waals surface area contributed by atoms with Gasteiger partial charge in [-0.25, -0.2) is 4.79 Å². The summed E-state index contributed by atoms with van der Waals surface area (Å²) in [4.78, 5) is 11.1. The van der Waals surface area contributed by atoms with Crippen LogP contribution in [0.1, 0.15) is 12.5 Å². The van der Waals surface area contributed by atoms with Crippen LogP contribution in [0, 0.1) is 0 Å². The van der Waals surface area contributed by atoms with E-state index in [0.29, 0.717) is 17.1 Å². The molecular formula is C12H11FO4. The molecule has 1 heterocycles. The number of ether oxygens (including phenoxy) is 3. The number of benzene rings is 1. The summed E-state index contributed by atoms with van der Waals surface area (Å²) >= 11 is 0. The van der Waals surface area contributed by atoms with E-state index in [-0.39, 0.29) is 13.4 Å². The van der Waals surface area contributed by atoms with Crippen LogP contribution in [-0.4, -0.2) is 19.4 Å². The summed E-state index contributed by atoms with van der Waals surface area (Å²) in [7, 11) is 0. The highest BCUT2D eigenvalue weighted by atomic mass is 19.1. The molecule has 5 heteroatoms. The van der Waals surface area contributed by atoms with Crippen LogP contribution in [0.3, 0.4) is 0 Å². The average Bonchev–Trinajstić information content (AvgIpc) is 2.76. The van der Waals surface area contributed by atoms with E-state index >= 15 is 0 Å². The molecule has 0 bridgehead atoms. The standard InChI is InChI=1S/C12H11FO4/c1-2-15-12(14)9(13)5-8-3-4-10-11(6-8)17-7-16-10/h3-6H,2,7H2,1H3/b9-5-. The first-order chi connectivity index (χ1) is 8.20. The number of hydrogen-bond acceptors (Lipinski definition) is 4. The molecule has 0 radical (unpaired) electrons. The summed E-state index contributed by atoms with van der Waals surface area (Å²) in [6, 6.07) is 4.89. The molecule has 0 aromatic heterocycles. The van der Waals surface area contributed by atoms with Gasteiger partial charge in [0.05, 0.1) is 6.61 Å². The van der Waals surface area contributed by atoms with Crippen molar-refractivity contribution in [3.8, 4) is 11.5 Å². The van der Waals surface area contributed by atoms with E-state index in [1.165, 1.54) is 0 Å². The minimum Gasteiger partial charge on any atom is -0.461 e. The number of esters is 1. The Morgan fingerprint density at radius 1 is 1.47 bits per heavy atom.